The monoisotopic (exact) mass is 219 g/mol. The normalized spacial score (nSPS) is 26.5. The van der Waals surface area contributed by atoms with Crippen LogP contribution in [0.2, 0.25) is 0 Å². The van der Waals surface area contributed by atoms with Gasteiger partial charge in [-0.15, -0.1) is 0 Å². The fourth-order valence-corrected chi connectivity index (χ4v) is 3.40. The Labute approximate surface area is 95.6 Å². The topological polar surface area (TPSA) is 12.0 Å². The zero-order chi connectivity index (χ0) is 10.1. The first-order chi connectivity index (χ1) is 7.45. The fourth-order valence-electron chi connectivity index (χ4n) is 2.57. The van der Waals surface area contributed by atoms with Crippen molar-refractivity contribution in [2.45, 2.75) is 24.8 Å². The lowest BCUT2D eigenvalue weighted by Crippen LogP contribution is -2.21. The van der Waals surface area contributed by atoms with Crippen LogP contribution in [0.15, 0.2) is 24.3 Å². The van der Waals surface area contributed by atoms with Crippen molar-refractivity contribution >= 4 is 11.8 Å². The molecule has 1 aromatic rings. The van der Waals surface area contributed by atoms with E-state index < -0.39 is 0 Å². The molecule has 15 heavy (non-hydrogen) atoms. The van der Waals surface area contributed by atoms with E-state index in [9.17, 15) is 0 Å². The molecular weight excluding hydrogens is 202 g/mol. The summed E-state index contributed by atoms with van der Waals surface area (Å²) >= 11 is 2.07. The Morgan fingerprint density at radius 2 is 1.93 bits per heavy atom. The molecule has 1 atom stereocenters. The summed E-state index contributed by atoms with van der Waals surface area (Å²) in [6.07, 6.45) is 2.65. The molecule has 1 N–H and O–H groups in total. The molecule has 2 heteroatoms. The summed E-state index contributed by atoms with van der Waals surface area (Å²) in [5.41, 5.74) is 3.18. The maximum Gasteiger partial charge on any atom is 0.0323 e. The molecule has 80 valence electrons. The minimum absolute atomic E-state index is 0.631. The second-order valence-corrected chi connectivity index (χ2v) is 5.59. The highest BCUT2D eigenvalue weighted by Crippen LogP contribution is 2.38. The number of nitrogens with one attached hydrogen (secondary N) is 1. The van der Waals surface area contributed by atoms with Gasteiger partial charge in [0.15, 0.2) is 0 Å². The van der Waals surface area contributed by atoms with E-state index in [1.54, 1.807) is 11.1 Å². The minimum atomic E-state index is 0.631. The van der Waals surface area contributed by atoms with Gasteiger partial charge in [-0.05, 0) is 30.5 Å². The third-order valence-corrected chi connectivity index (χ3v) is 4.79. The first-order valence-electron chi connectivity index (χ1n) is 5.85. The Balaban J connectivity index is 1.90. The smallest absolute Gasteiger partial charge is 0.0323 e. The maximum atomic E-state index is 3.61. The van der Waals surface area contributed by atoms with Crippen LogP contribution in [0.1, 0.15) is 35.9 Å². The van der Waals surface area contributed by atoms with E-state index in [2.05, 4.69) is 41.3 Å². The molecule has 0 saturated carbocycles. The Bertz CT molecular complexity index is 340. The first-order valence-corrected chi connectivity index (χ1v) is 7.00. The second-order valence-electron chi connectivity index (χ2n) is 4.51. The van der Waals surface area contributed by atoms with Crippen LogP contribution in [0.3, 0.4) is 0 Å². The average molecular weight is 219 g/mol. The third kappa shape index (κ3) is 1.81. The first kappa shape index (κ1) is 9.73. The summed E-state index contributed by atoms with van der Waals surface area (Å²) in [6.45, 7) is 1.19. The van der Waals surface area contributed by atoms with Gasteiger partial charge in [0.2, 0.25) is 0 Å². The molecule has 0 aromatic heterocycles. The Hall–Kier alpha value is -0.470. The Kier molecular flexibility index (Phi) is 2.72. The van der Waals surface area contributed by atoms with E-state index in [1.807, 2.05) is 0 Å². The highest BCUT2D eigenvalue weighted by molar-refractivity contribution is 8.00. The molecule has 0 amide bonds. The molecule has 2 heterocycles. The van der Waals surface area contributed by atoms with Gasteiger partial charge in [0.25, 0.3) is 0 Å². The van der Waals surface area contributed by atoms with Crippen LogP contribution in [0, 0.1) is 0 Å². The van der Waals surface area contributed by atoms with Crippen molar-refractivity contribution in [1.82, 2.24) is 5.32 Å². The molecule has 0 aliphatic carbocycles. The summed E-state index contributed by atoms with van der Waals surface area (Å²) in [6, 6.07) is 9.66. The van der Waals surface area contributed by atoms with Crippen LogP contribution in [0.25, 0.3) is 0 Å². The number of hydrogen-bond acceptors (Lipinski definition) is 2. The van der Waals surface area contributed by atoms with Gasteiger partial charge in [-0.3, -0.25) is 0 Å². The van der Waals surface area contributed by atoms with Gasteiger partial charge >= 0.3 is 0 Å². The molecule has 0 radical (unpaired) electrons. The van der Waals surface area contributed by atoms with Crippen molar-refractivity contribution in [2.24, 2.45) is 0 Å². The standard InChI is InChI=1S/C13H17NS/c1-2-5-12(13-6-3-7-14-13)11(4-1)10-8-15-9-10/h1-2,4-5,10,13-14H,3,6-9H2. The lowest BCUT2D eigenvalue weighted by molar-refractivity contribution is 0.632. The van der Waals surface area contributed by atoms with Gasteiger partial charge in [0, 0.05) is 23.5 Å². The van der Waals surface area contributed by atoms with E-state index in [4.69, 9.17) is 0 Å². The summed E-state index contributed by atoms with van der Waals surface area (Å²) in [7, 11) is 0. The zero-order valence-corrected chi connectivity index (χ0v) is 9.72. The number of hydrogen-bond donors (Lipinski definition) is 1. The van der Waals surface area contributed by atoms with Crippen LogP contribution in [-0.4, -0.2) is 18.1 Å². The summed E-state index contributed by atoms with van der Waals surface area (Å²) < 4.78 is 0. The molecule has 2 aliphatic heterocycles. The molecule has 1 nitrogen and oxygen atoms in total. The van der Waals surface area contributed by atoms with Crippen LogP contribution in [0.5, 0.6) is 0 Å². The van der Waals surface area contributed by atoms with Crippen molar-refractivity contribution in [3.63, 3.8) is 0 Å². The molecule has 0 bridgehead atoms. The minimum Gasteiger partial charge on any atom is -0.310 e. The second kappa shape index (κ2) is 4.18. The number of rotatable bonds is 2. The zero-order valence-electron chi connectivity index (χ0n) is 8.91. The van der Waals surface area contributed by atoms with E-state index in [0.717, 1.165) is 5.92 Å². The number of benzene rings is 1. The van der Waals surface area contributed by atoms with Gasteiger partial charge in [0.1, 0.15) is 0 Å². The SMILES string of the molecule is c1ccc(C2CCCN2)c(C2CSC2)c1. The van der Waals surface area contributed by atoms with Crippen molar-refractivity contribution in [2.75, 3.05) is 18.1 Å². The molecule has 0 spiro atoms. The van der Waals surface area contributed by atoms with Crippen LogP contribution >= 0.6 is 11.8 Å². The third-order valence-electron chi connectivity index (χ3n) is 3.51. The average Bonchev–Trinajstić information content (AvgIpc) is 2.69. The predicted molar refractivity (Wildman–Crippen MR) is 66.5 cm³/mol. The van der Waals surface area contributed by atoms with Crippen molar-refractivity contribution in [3.05, 3.63) is 35.4 Å². The predicted octanol–water partition coefficient (Wildman–Crippen LogP) is 2.94. The van der Waals surface area contributed by atoms with Gasteiger partial charge in [-0.25, -0.2) is 0 Å². The van der Waals surface area contributed by atoms with Gasteiger partial charge in [0.05, 0.1) is 0 Å². The molecule has 1 unspecified atom stereocenters. The van der Waals surface area contributed by atoms with E-state index in [-0.39, 0.29) is 0 Å². The van der Waals surface area contributed by atoms with E-state index >= 15 is 0 Å². The van der Waals surface area contributed by atoms with Crippen molar-refractivity contribution in [1.29, 1.82) is 0 Å². The van der Waals surface area contributed by atoms with Crippen LogP contribution in [0.4, 0.5) is 0 Å². The fraction of sp³-hybridized carbons (Fsp3) is 0.538. The van der Waals surface area contributed by atoms with Crippen molar-refractivity contribution in [3.8, 4) is 0 Å². The lowest BCUT2D eigenvalue weighted by Gasteiger charge is -2.29. The molecule has 2 fully saturated rings. The van der Waals surface area contributed by atoms with Gasteiger partial charge in [-0.1, -0.05) is 24.3 Å². The molecule has 3 rings (SSSR count). The molecule has 2 saturated heterocycles. The lowest BCUT2D eigenvalue weighted by atomic mass is 9.91. The van der Waals surface area contributed by atoms with Crippen LogP contribution in [-0.2, 0) is 0 Å². The highest BCUT2D eigenvalue weighted by atomic mass is 32.2. The number of thioether (sulfide) groups is 1. The quantitative estimate of drug-likeness (QED) is 0.821. The molecular formula is C13H17NS. The maximum absolute atomic E-state index is 3.61. The summed E-state index contributed by atoms with van der Waals surface area (Å²) in [5, 5.41) is 3.61. The van der Waals surface area contributed by atoms with Crippen LogP contribution < -0.4 is 5.32 Å². The Morgan fingerprint density at radius 3 is 2.53 bits per heavy atom. The largest absolute Gasteiger partial charge is 0.310 e. The summed E-state index contributed by atoms with van der Waals surface area (Å²) in [4.78, 5) is 0. The van der Waals surface area contributed by atoms with Crippen molar-refractivity contribution < 1.29 is 0 Å². The summed E-state index contributed by atoms with van der Waals surface area (Å²) in [5.74, 6) is 3.47. The van der Waals surface area contributed by atoms with Gasteiger partial charge in [-0.2, -0.15) is 11.8 Å². The molecule has 2 aliphatic rings. The molecule has 1 aromatic carbocycles. The highest BCUT2D eigenvalue weighted by Gasteiger charge is 2.26. The van der Waals surface area contributed by atoms with E-state index in [1.165, 1.54) is 30.9 Å². The Morgan fingerprint density at radius 1 is 1.13 bits per heavy atom. The van der Waals surface area contributed by atoms with E-state index in [0.29, 0.717) is 6.04 Å². The van der Waals surface area contributed by atoms with Gasteiger partial charge < -0.3 is 5.32 Å².